The van der Waals surface area contributed by atoms with E-state index in [1.54, 1.807) is 24.3 Å². The minimum Gasteiger partial charge on any atom is -0.497 e. The molecule has 0 heterocycles. The Morgan fingerprint density at radius 2 is 1.74 bits per heavy atom. The number of methoxy groups -OCH3 is 1. The van der Waals surface area contributed by atoms with E-state index in [2.05, 4.69) is 23.5 Å². The van der Waals surface area contributed by atoms with Crippen LogP contribution >= 0.6 is 11.6 Å². The number of nitrogens with zero attached hydrogens (tertiary/aromatic N) is 2. The highest BCUT2D eigenvalue weighted by Gasteiger charge is 2.19. The van der Waals surface area contributed by atoms with E-state index in [0.717, 1.165) is 34.4 Å². The van der Waals surface area contributed by atoms with Crippen molar-refractivity contribution in [2.45, 2.75) is 61.8 Å². The van der Waals surface area contributed by atoms with Gasteiger partial charge in [-0.2, -0.15) is 0 Å². The molecule has 6 nitrogen and oxygen atoms in total. The molecular weight excluding hydrogens is 510 g/mol. The maximum atomic E-state index is 12.3. The van der Waals surface area contributed by atoms with Gasteiger partial charge in [-0.15, -0.1) is 0 Å². The number of aliphatic imine (C=N–C) groups is 1. The fourth-order valence-electron chi connectivity index (χ4n) is 3.16. The lowest BCUT2D eigenvalue weighted by Gasteiger charge is -2.25. The van der Waals surface area contributed by atoms with Crippen molar-refractivity contribution in [3.05, 3.63) is 88.6 Å². The fraction of sp³-hybridized carbons (Fsp3) is 0.344. The minimum atomic E-state index is -0.177. The van der Waals surface area contributed by atoms with Crippen molar-refractivity contribution >= 4 is 41.0 Å². The van der Waals surface area contributed by atoms with Gasteiger partial charge in [0, 0.05) is 30.6 Å². The average molecular weight is 554 g/mol. The Morgan fingerprint density at radius 3 is 2.21 bits per heavy atom. The van der Waals surface area contributed by atoms with Gasteiger partial charge in [-0.05, 0) is 69.0 Å². The van der Waals surface area contributed by atoms with E-state index in [9.17, 15) is 9.59 Å². The summed E-state index contributed by atoms with van der Waals surface area (Å²) in [4.78, 5) is 29.2. The summed E-state index contributed by atoms with van der Waals surface area (Å²) in [5.41, 5.74) is 6.20. The Kier molecular flexibility index (Phi) is 16.9. The van der Waals surface area contributed by atoms with Crippen LogP contribution in [0.3, 0.4) is 0 Å². The lowest BCUT2D eigenvalue weighted by atomic mass is 10.1. The van der Waals surface area contributed by atoms with Gasteiger partial charge >= 0.3 is 0 Å². The zero-order valence-electron chi connectivity index (χ0n) is 24.9. The minimum absolute atomic E-state index is 0.0975. The first-order valence-electron chi connectivity index (χ1n) is 12.9. The van der Waals surface area contributed by atoms with Crippen LogP contribution in [0.4, 0.5) is 11.4 Å². The molecule has 0 fully saturated rings. The SMILES string of the molecule is C=C(C)N=CC(CN(C(C)=O)c1cc(OC)cc(CC)c1Cl)=C(C)C.C=CC(=O)Nc1ccccc1C.CC. The zero-order chi connectivity index (χ0) is 30.1. The van der Waals surface area contributed by atoms with Gasteiger partial charge in [0.05, 0.1) is 24.4 Å². The standard InChI is InChI=1S/C20H27ClN2O2.C10H11NO.C2H6/c1-8-16-9-18(25-7)10-19(20(16)21)23(15(6)24)12-17(13(2)3)11-22-14(4)5;1-3-10(12)11-9-7-5-4-6-8(9)2;1-2/h9-11H,4,8,12H2,1-3,5-7H3;3-7H,1H2,2H3,(H,11,12);1-2H3. The number of nitrogens with one attached hydrogen (secondary N) is 1. The first-order valence-corrected chi connectivity index (χ1v) is 13.3. The van der Waals surface area contributed by atoms with Crippen molar-refractivity contribution in [3.63, 3.8) is 0 Å². The van der Waals surface area contributed by atoms with Crippen LogP contribution in [0.2, 0.25) is 5.02 Å². The van der Waals surface area contributed by atoms with Crippen LogP contribution in [0.15, 0.2) is 77.5 Å². The number of hydrogen-bond donors (Lipinski definition) is 1. The second-order valence-corrected chi connectivity index (χ2v) is 8.98. The Bertz CT molecular complexity index is 1200. The molecular formula is C32H44ClN3O3. The fourth-order valence-corrected chi connectivity index (χ4v) is 3.51. The Hall–Kier alpha value is -3.64. The second kappa shape index (κ2) is 18.6. The molecule has 0 aliphatic rings. The Labute approximate surface area is 240 Å². The normalized spacial score (nSPS) is 9.79. The number of anilines is 2. The smallest absolute Gasteiger partial charge is 0.247 e. The predicted octanol–water partition coefficient (Wildman–Crippen LogP) is 8.35. The molecule has 0 saturated carbocycles. The second-order valence-electron chi connectivity index (χ2n) is 8.61. The lowest BCUT2D eigenvalue weighted by Crippen LogP contribution is -2.31. The number of allylic oxidation sites excluding steroid dienone is 2. The van der Waals surface area contributed by atoms with E-state index in [-0.39, 0.29) is 11.8 Å². The monoisotopic (exact) mass is 553 g/mol. The number of amides is 2. The summed E-state index contributed by atoms with van der Waals surface area (Å²) in [5, 5.41) is 3.28. The molecule has 0 aromatic heterocycles. The summed E-state index contributed by atoms with van der Waals surface area (Å²) in [7, 11) is 1.60. The molecule has 7 heteroatoms. The average Bonchev–Trinajstić information content (AvgIpc) is 2.91. The van der Waals surface area contributed by atoms with Gasteiger partial charge in [0.25, 0.3) is 0 Å². The molecule has 0 bridgehead atoms. The number of ether oxygens (including phenoxy) is 1. The first kappa shape index (κ1) is 35.4. The maximum absolute atomic E-state index is 12.3. The van der Waals surface area contributed by atoms with Crippen LogP contribution in [0, 0.1) is 6.92 Å². The van der Waals surface area contributed by atoms with E-state index in [1.165, 1.54) is 13.0 Å². The summed E-state index contributed by atoms with van der Waals surface area (Å²) in [6.07, 6.45) is 3.76. The van der Waals surface area contributed by atoms with Gasteiger partial charge in [0.1, 0.15) is 5.75 Å². The number of benzene rings is 2. The summed E-state index contributed by atoms with van der Waals surface area (Å²) in [6.45, 7) is 22.8. The molecule has 1 N–H and O–H groups in total. The molecule has 2 aromatic rings. The molecule has 0 atom stereocenters. The molecule has 0 aliphatic carbocycles. The number of carbonyl (C=O) groups is 2. The van der Waals surface area contributed by atoms with Gasteiger partial charge in [-0.1, -0.05) is 69.3 Å². The molecule has 39 heavy (non-hydrogen) atoms. The molecule has 2 aromatic carbocycles. The highest BCUT2D eigenvalue weighted by atomic mass is 35.5. The largest absolute Gasteiger partial charge is 0.497 e. The predicted molar refractivity (Wildman–Crippen MR) is 168 cm³/mol. The number of para-hydroxylation sites is 1. The number of halogens is 1. The molecule has 2 rings (SSSR count). The van der Waals surface area contributed by atoms with E-state index in [4.69, 9.17) is 16.3 Å². The Morgan fingerprint density at radius 1 is 1.13 bits per heavy atom. The molecule has 0 unspecified atom stereocenters. The molecule has 0 aliphatic heterocycles. The van der Waals surface area contributed by atoms with E-state index >= 15 is 0 Å². The third-order valence-electron chi connectivity index (χ3n) is 5.39. The third kappa shape index (κ3) is 12.2. The maximum Gasteiger partial charge on any atom is 0.247 e. The van der Waals surface area contributed by atoms with E-state index in [1.807, 2.05) is 78.8 Å². The van der Waals surface area contributed by atoms with Crippen LogP contribution in [0.25, 0.3) is 0 Å². The van der Waals surface area contributed by atoms with Gasteiger partial charge in [0.2, 0.25) is 11.8 Å². The van der Waals surface area contributed by atoms with Crippen LogP contribution in [-0.4, -0.2) is 31.7 Å². The number of rotatable bonds is 9. The van der Waals surface area contributed by atoms with Crippen molar-refractivity contribution in [2.24, 2.45) is 4.99 Å². The van der Waals surface area contributed by atoms with Crippen LogP contribution in [-0.2, 0) is 16.0 Å². The van der Waals surface area contributed by atoms with Crippen LogP contribution in [0.5, 0.6) is 5.75 Å². The molecule has 0 spiro atoms. The molecule has 0 saturated heterocycles. The number of carbonyl (C=O) groups excluding carboxylic acids is 2. The van der Waals surface area contributed by atoms with Crippen LogP contribution in [0.1, 0.15) is 59.6 Å². The van der Waals surface area contributed by atoms with Crippen molar-refractivity contribution in [1.29, 1.82) is 0 Å². The highest BCUT2D eigenvalue weighted by molar-refractivity contribution is 6.34. The van der Waals surface area contributed by atoms with Crippen molar-refractivity contribution < 1.29 is 14.3 Å². The van der Waals surface area contributed by atoms with E-state index < -0.39 is 0 Å². The van der Waals surface area contributed by atoms with Crippen molar-refractivity contribution in [2.75, 3.05) is 23.9 Å². The third-order valence-corrected chi connectivity index (χ3v) is 5.83. The summed E-state index contributed by atoms with van der Waals surface area (Å²) >= 11 is 6.55. The van der Waals surface area contributed by atoms with E-state index in [0.29, 0.717) is 28.7 Å². The highest BCUT2D eigenvalue weighted by Crippen LogP contribution is 2.35. The molecule has 212 valence electrons. The topological polar surface area (TPSA) is 71.0 Å². The lowest BCUT2D eigenvalue weighted by molar-refractivity contribution is -0.116. The summed E-state index contributed by atoms with van der Waals surface area (Å²) < 4.78 is 5.37. The first-order chi connectivity index (χ1) is 18.4. The number of hydrogen-bond acceptors (Lipinski definition) is 4. The van der Waals surface area contributed by atoms with Crippen LogP contribution < -0.4 is 15.0 Å². The molecule has 0 radical (unpaired) electrons. The van der Waals surface area contributed by atoms with Gasteiger partial charge < -0.3 is 15.0 Å². The van der Waals surface area contributed by atoms with Gasteiger partial charge in [0.15, 0.2) is 0 Å². The number of aryl methyl sites for hydroxylation is 2. The van der Waals surface area contributed by atoms with Gasteiger partial charge in [-0.3, -0.25) is 14.6 Å². The zero-order valence-corrected chi connectivity index (χ0v) is 25.7. The van der Waals surface area contributed by atoms with Gasteiger partial charge in [-0.25, -0.2) is 0 Å². The van der Waals surface area contributed by atoms with Crippen molar-refractivity contribution in [1.82, 2.24) is 0 Å². The summed E-state index contributed by atoms with van der Waals surface area (Å²) in [6, 6.07) is 11.3. The quantitative estimate of drug-likeness (QED) is 0.250. The summed E-state index contributed by atoms with van der Waals surface area (Å²) in [5.74, 6) is 0.404. The molecule has 2 amide bonds. The van der Waals surface area contributed by atoms with Crippen molar-refractivity contribution in [3.8, 4) is 5.75 Å². The Balaban J connectivity index is 0.000000858.